The molecule has 4 heteroatoms. The number of rotatable bonds is 4. The number of fused-ring (bicyclic) bond motifs is 1. The van der Waals surface area contributed by atoms with E-state index in [4.69, 9.17) is 0 Å². The summed E-state index contributed by atoms with van der Waals surface area (Å²) in [6.07, 6.45) is 8.62. The van der Waals surface area contributed by atoms with E-state index in [2.05, 4.69) is 35.5 Å². The van der Waals surface area contributed by atoms with Gasteiger partial charge in [0.1, 0.15) is 0 Å². The molecule has 0 aromatic heterocycles. The smallest absolute Gasteiger partial charge is 0.240 e. The quantitative estimate of drug-likeness (QED) is 0.928. The van der Waals surface area contributed by atoms with Crippen LogP contribution >= 0.6 is 0 Å². The van der Waals surface area contributed by atoms with Gasteiger partial charge in [0.25, 0.3) is 0 Å². The van der Waals surface area contributed by atoms with Crippen LogP contribution in [0.4, 0.5) is 11.4 Å². The van der Waals surface area contributed by atoms with Crippen LogP contribution in [-0.4, -0.2) is 39.1 Å². The van der Waals surface area contributed by atoms with E-state index in [0.29, 0.717) is 12.6 Å². The minimum atomic E-state index is 0.146. The van der Waals surface area contributed by atoms with Gasteiger partial charge >= 0.3 is 0 Å². The Morgan fingerprint density at radius 3 is 2.83 bits per heavy atom. The van der Waals surface area contributed by atoms with Crippen LogP contribution in [-0.2, 0) is 11.2 Å². The van der Waals surface area contributed by atoms with E-state index >= 15 is 0 Å². The molecule has 1 N–H and O–H groups in total. The lowest BCUT2D eigenvalue weighted by atomic mass is 10.1. The fourth-order valence-corrected chi connectivity index (χ4v) is 3.74. The molecule has 1 saturated carbocycles. The topological polar surface area (TPSA) is 35.6 Å². The van der Waals surface area contributed by atoms with Gasteiger partial charge < -0.3 is 15.1 Å². The number of benzene rings is 1. The summed E-state index contributed by atoms with van der Waals surface area (Å²) in [5.41, 5.74) is 3.68. The zero-order valence-corrected chi connectivity index (χ0v) is 14.5. The van der Waals surface area contributed by atoms with Crippen molar-refractivity contribution < 1.29 is 4.79 Å². The van der Waals surface area contributed by atoms with E-state index < -0.39 is 0 Å². The second-order valence-corrected chi connectivity index (χ2v) is 7.01. The van der Waals surface area contributed by atoms with Gasteiger partial charge in [-0.1, -0.05) is 18.9 Å². The fourth-order valence-electron chi connectivity index (χ4n) is 3.74. The van der Waals surface area contributed by atoms with Crippen molar-refractivity contribution >= 4 is 17.3 Å². The largest absolute Gasteiger partial charge is 0.374 e. The third-order valence-corrected chi connectivity index (χ3v) is 5.33. The second-order valence-electron chi connectivity index (χ2n) is 7.01. The van der Waals surface area contributed by atoms with E-state index in [0.717, 1.165) is 18.7 Å². The van der Waals surface area contributed by atoms with Crippen LogP contribution in [0.1, 0.15) is 44.1 Å². The van der Waals surface area contributed by atoms with Crippen molar-refractivity contribution in [3.05, 3.63) is 23.8 Å². The van der Waals surface area contributed by atoms with Gasteiger partial charge in [0.15, 0.2) is 0 Å². The minimum absolute atomic E-state index is 0.146. The molecular formula is C19H29N3O. The Morgan fingerprint density at radius 1 is 1.26 bits per heavy atom. The first kappa shape index (κ1) is 16.3. The fraction of sp³-hybridized carbons (Fsp3) is 0.632. The summed E-state index contributed by atoms with van der Waals surface area (Å²) in [6.45, 7) is 1.53. The van der Waals surface area contributed by atoms with Crippen LogP contribution in [0, 0.1) is 0 Å². The van der Waals surface area contributed by atoms with E-state index in [1.165, 1.54) is 49.8 Å². The highest BCUT2D eigenvalue weighted by atomic mass is 16.2. The summed E-state index contributed by atoms with van der Waals surface area (Å²) in [7, 11) is 4.04. The van der Waals surface area contributed by atoms with Crippen LogP contribution in [0.2, 0.25) is 0 Å². The zero-order chi connectivity index (χ0) is 16.2. The Kier molecular flexibility index (Phi) is 5.21. The zero-order valence-electron chi connectivity index (χ0n) is 14.5. The molecule has 1 heterocycles. The van der Waals surface area contributed by atoms with E-state index in [1.807, 2.05) is 7.05 Å². The highest BCUT2D eigenvalue weighted by Crippen LogP contribution is 2.29. The molecule has 1 aliphatic heterocycles. The van der Waals surface area contributed by atoms with Gasteiger partial charge in [0.05, 0.1) is 6.54 Å². The lowest BCUT2D eigenvalue weighted by Crippen LogP contribution is -2.39. The maximum Gasteiger partial charge on any atom is 0.240 e. The molecule has 3 rings (SSSR count). The summed E-state index contributed by atoms with van der Waals surface area (Å²) in [5, 5.41) is 3.41. The van der Waals surface area contributed by atoms with Crippen LogP contribution in [0.25, 0.3) is 0 Å². The molecule has 1 amide bonds. The number of nitrogens with one attached hydrogen (secondary N) is 1. The summed E-state index contributed by atoms with van der Waals surface area (Å²) in [5.74, 6) is 0.146. The number of hydrogen-bond donors (Lipinski definition) is 1. The van der Waals surface area contributed by atoms with E-state index in [1.54, 1.807) is 4.90 Å². The number of carbonyl (C=O) groups is 1. The van der Waals surface area contributed by atoms with Crippen molar-refractivity contribution in [2.75, 3.05) is 37.0 Å². The molecule has 4 nitrogen and oxygen atoms in total. The van der Waals surface area contributed by atoms with Crippen LogP contribution in [0.5, 0.6) is 0 Å². The van der Waals surface area contributed by atoms with Crippen molar-refractivity contribution in [1.82, 2.24) is 5.32 Å². The number of amides is 1. The second kappa shape index (κ2) is 7.35. The average Bonchev–Trinajstić information content (AvgIpc) is 3.02. The van der Waals surface area contributed by atoms with E-state index in [-0.39, 0.29) is 5.91 Å². The van der Waals surface area contributed by atoms with Crippen LogP contribution < -0.4 is 15.1 Å². The highest BCUT2D eigenvalue weighted by Gasteiger charge is 2.19. The molecule has 1 aromatic rings. The van der Waals surface area contributed by atoms with Gasteiger partial charge in [-0.2, -0.15) is 0 Å². The molecule has 0 radical (unpaired) electrons. The maximum absolute atomic E-state index is 12.5. The Labute approximate surface area is 139 Å². The van der Waals surface area contributed by atoms with Crippen LogP contribution in [0.3, 0.4) is 0 Å². The van der Waals surface area contributed by atoms with Crippen molar-refractivity contribution in [2.45, 2.75) is 51.0 Å². The molecular weight excluding hydrogens is 286 g/mol. The average molecular weight is 315 g/mol. The van der Waals surface area contributed by atoms with Crippen molar-refractivity contribution in [3.8, 4) is 0 Å². The molecule has 1 fully saturated rings. The number of nitrogens with zero attached hydrogens (tertiary/aromatic N) is 2. The van der Waals surface area contributed by atoms with Crippen molar-refractivity contribution in [3.63, 3.8) is 0 Å². The van der Waals surface area contributed by atoms with Gasteiger partial charge in [0, 0.05) is 38.1 Å². The number of aryl methyl sites for hydroxylation is 1. The first-order chi connectivity index (χ1) is 11.1. The standard InChI is InChI=1S/C19H29N3O/c1-21-12-6-5-7-15-10-11-17(13-18(15)21)22(2)19(23)14-20-16-8-3-4-9-16/h10-11,13,16,20H,3-9,12,14H2,1-2H3. The van der Waals surface area contributed by atoms with Crippen LogP contribution in [0.15, 0.2) is 18.2 Å². The number of hydrogen-bond acceptors (Lipinski definition) is 3. The monoisotopic (exact) mass is 315 g/mol. The molecule has 0 bridgehead atoms. The molecule has 2 aliphatic rings. The number of anilines is 2. The predicted octanol–water partition coefficient (Wildman–Crippen LogP) is 2.95. The molecule has 0 spiro atoms. The minimum Gasteiger partial charge on any atom is -0.374 e. The Bertz CT molecular complexity index is 552. The summed E-state index contributed by atoms with van der Waals surface area (Å²) in [4.78, 5) is 16.6. The molecule has 1 aliphatic carbocycles. The highest BCUT2D eigenvalue weighted by molar-refractivity contribution is 5.94. The summed E-state index contributed by atoms with van der Waals surface area (Å²) < 4.78 is 0. The maximum atomic E-state index is 12.5. The van der Waals surface area contributed by atoms with Gasteiger partial charge in [-0.15, -0.1) is 0 Å². The molecule has 126 valence electrons. The Hall–Kier alpha value is -1.55. The molecule has 1 aromatic carbocycles. The first-order valence-corrected chi connectivity index (χ1v) is 8.99. The summed E-state index contributed by atoms with van der Waals surface area (Å²) >= 11 is 0. The van der Waals surface area contributed by atoms with Gasteiger partial charge in [-0.3, -0.25) is 4.79 Å². The predicted molar refractivity (Wildman–Crippen MR) is 96.3 cm³/mol. The van der Waals surface area contributed by atoms with Crippen molar-refractivity contribution in [2.24, 2.45) is 0 Å². The van der Waals surface area contributed by atoms with Gasteiger partial charge in [-0.05, 0) is 49.8 Å². The Balaban J connectivity index is 1.66. The third-order valence-electron chi connectivity index (χ3n) is 5.33. The van der Waals surface area contributed by atoms with Gasteiger partial charge in [-0.25, -0.2) is 0 Å². The lowest BCUT2D eigenvalue weighted by molar-refractivity contribution is -0.117. The Morgan fingerprint density at radius 2 is 2.04 bits per heavy atom. The lowest BCUT2D eigenvalue weighted by Gasteiger charge is -2.24. The summed E-state index contributed by atoms with van der Waals surface area (Å²) in [6, 6.07) is 6.99. The van der Waals surface area contributed by atoms with Crippen molar-refractivity contribution in [1.29, 1.82) is 0 Å². The number of likely N-dealkylation sites (N-methyl/N-ethyl adjacent to an activating group) is 1. The third kappa shape index (κ3) is 3.86. The number of carbonyl (C=O) groups excluding carboxylic acids is 1. The van der Waals surface area contributed by atoms with Gasteiger partial charge in [0.2, 0.25) is 5.91 Å². The van der Waals surface area contributed by atoms with E-state index in [9.17, 15) is 4.79 Å². The molecule has 23 heavy (non-hydrogen) atoms. The molecule has 0 unspecified atom stereocenters. The molecule has 0 saturated heterocycles. The normalized spacial score (nSPS) is 18.6. The SMILES string of the molecule is CN1CCCCc2ccc(N(C)C(=O)CNC3CCCC3)cc21. The molecule has 0 atom stereocenters. The first-order valence-electron chi connectivity index (χ1n) is 8.99.